The fraction of sp³-hybridized carbons (Fsp3) is 0.625. The van der Waals surface area contributed by atoms with E-state index in [1.807, 2.05) is 0 Å². The molecule has 9 nitrogen and oxygen atoms in total. The molecular formula is C24H37NO8. The number of hydrogen-bond donors (Lipinski definition) is 1. The van der Waals surface area contributed by atoms with E-state index >= 15 is 0 Å². The predicted octanol–water partition coefficient (Wildman–Crippen LogP) is 4.61. The maximum absolute atomic E-state index is 13.2. The van der Waals surface area contributed by atoms with Crippen LogP contribution in [0.4, 0.5) is 9.59 Å². The summed E-state index contributed by atoms with van der Waals surface area (Å²) >= 11 is 0. The molecule has 1 aromatic rings. The van der Waals surface area contributed by atoms with Crippen LogP contribution in [0.3, 0.4) is 0 Å². The van der Waals surface area contributed by atoms with Crippen molar-refractivity contribution >= 4 is 18.2 Å². The third-order valence-electron chi connectivity index (χ3n) is 3.86. The molecule has 0 radical (unpaired) electrons. The molecule has 9 heteroatoms. The van der Waals surface area contributed by atoms with Gasteiger partial charge < -0.3 is 24.1 Å². The summed E-state index contributed by atoms with van der Waals surface area (Å²) in [6.45, 7) is 14.7. The van der Waals surface area contributed by atoms with Gasteiger partial charge in [-0.2, -0.15) is 0 Å². The van der Waals surface area contributed by atoms with Crippen LogP contribution in [0.2, 0.25) is 0 Å². The van der Waals surface area contributed by atoms with Gasteiger partial charge in [-0.3, -0.25) is 0 Å². The molecule has 2 amide bonds. The summed E-state index contributed by atoms with van der Waals surface area (Å²) in [4.78, 5) is 39.7. The van der Waals surface area contributed by atoms with Crippen LogP contribution >= 0.6 is 0 Å². The number of aliphatic hydroxyl groups is 1. The lowest BCUT2D eigenvalue weighted by Crippen LogP contribution is -2.51. The van der Waals surface area contributed by atoms with Crippen LogP contribution in [0.25, 0.3) is 0 Å². The van der Waals surface area contributed by atoms with Crippen molar-refractivity contribution in [2.75, 3.05) is 7.11 Å². The summed E-state index contributed by atoms with van der Waals surface area (Å²) in [6.07, 6.45) is -4.09. The van der Waals surface area contributed by atoms with Gasteiger partial charge in [-0.05, 0) is 80.0 Å². The quantitative estimate of drug-likeness (QED) is 0.493. The lowest BCUT2D eigenvalue weighted by Gasteiger charge is -2.35. The van der Waals surface area contributed by atoms with Crippen molar-refractivity contribution in [3.8, 4) is 5.75 Å². The van der Waals surface area contributed by atoms with Crippen molar-refractivity contribution in [2.24, 2.45) is 0 Å². The normalized spacial score (nSPS) is 14.0. The van der Waals surface area contributed by atoms with Crippen LogP contribution in [-0.2, 0) is 19.0 Å². The Morgan fingerprint density at radius 2 is 1.15 bits per heavy atom. The summed E-state index contributed by atoms with van der Waals surface area (Å²) in [6, 6.07) is 4.71. The molecule has 1 aromatic carbocycles. The molecule has 0 fully saturated rings. The highest BCUT2D eigenvalue weighted by molar-refractivity contribution is 5.90. The molecule has 2 unspecified atom stereocenters. The molecular weight excluding hydrogens is 430 g/mol. The van der Waals surface area contributed by atoms with Crippen molar-refractivity contribution in [3.63, 3.8) is 0 Å². The van der Waals surface area contributed by atoms with E-state index in [1.165, 1.54) is 19.2 Å². The van der Waals surface area contributed by atoms with Crippen LogP contribution in [0.5, 0.6) is 5.75 Å². The van der Waals surface area contributed by atoms with Gasteiger partial charge in [-0.15, -0.1) is 0 Å². The summed E-state index contributed by atoms with van der Waals surface area (Å²) in [5, 5.41) is 11.0. The fourth-order valence-electron chi connectivity index (χ4n) is 2.69. The summed E-state index contributed by atoms with van der Waals surface area (Å²) in [5.74, 6) is -0.509. The van der Waals surface area contributed by atoms with E-state index in [2.05, 4.69) is 0 Å². The topological polar surface area (TPSA) is 112 Å². The van der Waals surface area contributed by atoms with Gasteiger partial charge in [0.1, 0.15) is 28.6 Å². The Labute approximate surface area is 195 Å². The van der Waals surface area contributed by atoms with E-state index in [0.717, 1.165) is 0 Å². The predicted molar refractivity (Wildman–Crippen MR) is 122 cm³/mol. The average Bonchev–Trinajstić information content (AvgIpc) is 2.61. The first-order chi connectivity index (χ1) is 14.8. The first-order valence-corrected chi connectivity index (χ1v) is 10.6. The van der Waals surface area contributed by atoms with Gasteiger partial charge in [0.05, 0.1) is 7.11 Å². The zero-order valence-electron chi connectivity index (χ0n) is 21.2. The van der Waals surface area contributed by atoms with Gasteiger partial charge in [0.2, 0.25) is 0 Å². The standard InChI is InChI=1S/C24H37NO8/c1-22(2,3)31-19(27)18(26)17(15-11-13-16(30-10)14-12-15)25(20(28)32-23(4,5)6)21(29)33-24(7,8)9/h11-14,17-18,26H,1-10H3. The lowest BCUT2D eigenvalue weighted by atomic mass is 9.99. The highest BCUT2D eigenvalue weighted by Gasteiger charge is 2.44. The molecule has 0 aromatic heterocycles. The third-order valence-corrected chi connectivity index (χ3v) is 3.86. The first kappa shape index (κ1) is 28.2. The van der Waals surface area contributed by atoms with Crippen molar-refractivity contribution in [1.29, 1.82) is 0 Å². The third kappa shape index (κ3) is 9.29. The minimum absolute atomic E-state index is 0.269. The number of hydrogen-bond acceptors (Lipinski definition) is 8. The zero-order chi connectivity index (χ0) is 25.8. The molecule has 2 atom stereocenters. The maximum Gasteiger partial charge on any atom is 0.420 e. The number of carbonyl (C=O) groups is 3. The number of carbonyl (C=O) groups excluding carboxylic acids is 3. The van der Waals surface area contributed by atoms with Gasteiger partial charge >= 0.3 is 18.2 Å². The molecule has 0 bridgehead atoms. The Balaban J connectivity index is 3.62. The monoisotopic (exact) mass is 467 g/mol. The van der Waals surface area contributed by atoms with Crippen LogP contribution in [0, 0.1) is 0 Å². The largest absolute Gasteiger partial charge is 0.497 e. The first-order valence-electron chi connectivity index (χ1n) is 10.6. The van der Waals surface area contributed by atoms with Crippen molar-refractivity contribution in [2.45, 2.75) is 91.3 Å². The Morgan fingerprint density at radius 1 is 0.758 bits per heavy atom. The number of ether oxygens (including phenoxy) is 4. The highest BCUT2D eigenvalue weighted by Crippen LogP contribution is 2.31. The zero-order valence-corrected chi connectivity index (χ0v) is 21.2. The summed E-state index contributed by atoms with van der Waals surface area (Å²) in [7, 11) is 1.48. The van der Waals surface area contributed by atoms with E-state index in [-0.39, 0.29) is 5.56 Å². The highest BCUT2D eigenvalue weighted by atomic mass is 16.6. The molecule has 0 saturated carbocycles. The number of aliphatic hydroxyl groups excluding tert-OH is 1. The summed E-state index contributed by atoms with van der Waals surface area (Å²) in [5.41, 5.74) is -2.56. The molecule has 0 aliphatic heterocycles. The second-order valence-corrected chi connectivity index (χ2v) is 10.5. The van der Waals surface area contributed by atoms with Crippen LogP contribution in [0.15, 0.2) is 24.3 Å². The van der Waals surface area contributed by atoms with E-state index in [1.54, 1.807) is 74.4 Å². The van der Waals surface area contributed by atoms with Gasteiger partial charge in [0.15, 0.2) is 6.10 Å². The number of nitrogens with zero attached hydrogens (tertiary/aromatic N) is 1. The average molecular weight is 468 g/mol. The SMILES string of the molecule is COc1ccc(C(C(O)C(=O)OC(C)(C)C)N(C(=O)OC(C)(C)C)C(=O)OC(C)(C)C)cc1. The number of methoxy groups -OCH3 is 1. The minimum atomic E-state index is -1.92. The molecule has 0 saturated heterocycles. The molecule has 1 rings (SSSR count). The molecule has 1 N–H and O–H groups in total. The minimum Gasteiger partial charge on any atom is -0.497 e. The Bertz CT molecular complexity index is 800. The van der Waals surface area contributed by atoms with Crippen LogP contribution < -0.4 is 4.74 Å². The van der Waals surface area contributed by atoms with Crippen molar-refractivity contribution < 1.29 is 38.4 Å². The van der Waals surface area contributed by atoms with Gasteiger partial charge in [-0.1, -0.05) is 12.1 Å². The number of benzene rings is 1. The number of rotatable bonds is 5. The number of imide groups is 1. The Morgan fingerprint density at radius 3 is 1.48 bits per heavy atom. The second kappa shape index (κ2) is 10.4. The smallest absolute Gasteiger partial charge is 0.420 e. The van der Waals surface area contributed by atoms with E-state index in [4.69, 9.17) is 18.9 Å². The summed E-state index contributed by atoms with van der Waals surface area (Å²) < 4.78 is 21.3. The van der Waals surface area contributed by atoms with Gasteiger partial charge in [0, 0.05) is 0 Å². The Hall–Kier alpha value is -2.81. The van der Waals surface area contributed by atoms with Crippen molar-refractivity contribution in [1.82, 2.24) is 4.90 Å². The van der Waals surface area contributed by atoms with E-state index in [0.29, 0.717) is 10.6 Å². The molecule has 186 valence electrons. The maximum atomic E-state index is 13.2. The lowest BCUT2D eigenvalue weighted by molar-refractivity contribution is -0.168. The molecule has 33 heavy (non-hydrogen) atoms. The second-order valence-electron chi connectivity index (χ2n) is 10.5. The Kier molecular flexibility index (Phi) is 8.91. The number of amides is 2. The molecule has 0 aliphatic rings. The fourth-order valence-corrected chi connectivity index (χ4v) is 2.69. The molecule has 0 spiro atoms. The van der Waals surface area contributed by atoms with Crippen molar-refractivity contribution in [3.05, 3.63) is 29.8 Å². The van der Waals surface area contributed by atoms with E-state index < -0.39 is 47.1 Å². The van der Waals surface area contributed by atoms with Gasteiger partial charge in [-0.25, -0.2) is 19.3 Å². The number of esters is 1. The van der Waals surface area contributed by atoms with Crippen LogP contribution in [0.1, 0.15) is 73.9 Å². The van der Waals surface area contributed by atoms with Gasteiger partial charge in [0.25, 0.3) is 0 Å². The van der Waals surface area contributed by atoms with E-state index in [9.17, 15) is 19.5 Å². The molecule has 0 heterocycles. The van der Waals surface area contributed by atoms with Crippen LogP contribution in [-0.4, -0.2) is 58.2 Å². The molecule has 0 aliphatic carbocycles.